The standard InChI is InChI=1S/C29H34O4S/c1-20-4-10-23(11-5-20)16-31-19-26-27(32-17-24-12-6-21(2)7-13-24)28(29(30)34-26)33-18-25-14-8-22(3)9-15-25/h4-15,26-30H,16-19H2,1-3H3/t26-,27-,28+,29?/m1/s1. The van der Waals surface area contributed by atoms with Crippen LogP contribution in [0.25, 0.3) is 0 Å². The first-order valence-corrected chi connectivity index (χ1v) is 12.7. The number of hydrogen-bond donors (Lipinski definition) is 1. The Hall–Kier alpha value is -2.15. The Morgan fingerprint density at radius 2 is 1.03 bits per heavy atom. The number of hydrogen-bond acceptors (Lipinski definition) is 5. The van der Waals surface area contributed by atoms with Gasteiger partial charge in [-0.05, 0) is 37.5 Å². The second kappa shape index (κ2) is 12.0. The molecule has 34 heavy (non-hydrogen) atoms. The Kier molecular flexibility index (Phi) is 8.81. The second-order valence-corrected chi connectivity index (χ2v) is 10.4. The summed E-state index contributed by atoms with van der Waals surface area (Å²) >= 11 is 1.48. The normalized spacial score (nSPS) is 22.2. The van der Waals surface area contributed by atoms with Gasteiger partial charge in [0, 0.05) is 0 Å². The van der Waals surface area contributed by atoms with E-state index in [4.69, 9.17) is 14.2 Å². The zero-order chi connectivity index (χ0) is 23.9. The Bertz CT molecular complexity index is 1020. The highest BCUT2D eigenvalue weighted by atomic mass is 32.2. The van der Waals surface area contributed by atoms with Gasteiger partial charge in [0.05, 0.1) is 31.7 Å². The molecule has 1 fully saturated rings. The zero-order valence-corrected chi connectivity index (χ0v) is 21.0. The van der Waals surface area contributed by atoms with E-state index in [0.717, 1.165) is 16.7 Å². The summed E-state index contributed by atoms with van der Waals surface area (Å²) in [5, 5.41) is 10.8. The summed E-state index contributed by atoms with van der Waals surface area (Å²) < 4.78 is 18.6. The summed E-state index contributed by atoms with van der Waals surface area (Å²) in [6.45, 7) is 8.14. The van der Waals surface area contributed by atoms with E-state index >= 15 is 0 Å². The van der Waals surface area contributed by atoms with Crippen LogP contribution >= 0.6 is 11.8 Å². The largest absolute Gasteiger partial charge is 0.380 e. The summed E-state index contributed by atoms with van der Waals surface area (Å²) in [4.78, 5) is 0. The predicted octanol–water partition coefficient (Wildman–Crippen LogP) is 5.73. The number of aliphatic hydroxyl groups is 1. The molecule has 0 bridgehead atoms. The molecular formula is C29H34O4S. The summed E-state index contributed by atoms with van der Waals surface area (Å²) in [5.74, 6) is 0. The molecule has 4 nitrogen and oxygen atoms in total. The molecule has 1 aliphatic heterocycles. The maximum absolute atomic E-state index is 10.8. The molecule has 1 aliphatic rings. The zero-order valence-electron chi connectivity index (χ0n) is 20.1. The maximum atomic E-state index is 10.8. The first-order valence-electron chi connectivity index (χ1n) is 11.8. The van der Waals surface area contributed by atoms with Gasteiger partial charge >= 0.3 is 0 Å². The SMILES string of the molecule is Cc1ccc(COC[C@H]2SC(O)[C@@H](OCc3ccc(C)cc3)[C@@H]2OCc2ccc(C)cc2)cc1. The van der Waals surface area contributed by atoms with Gasteiger partial charge in [0.2, 0.25) is 0 Å². The molecule has 0 amide bonds. The third kappa shape index (κ3) is 6.94. The van der Waals surface area contributed by atoms with E-state index in [1.54, 1.807) is 0 Å². The minimum absolute atomic E-state index is 0.0195. The van der Waals surface area contributed by atoms with Crippen molar-refractivity contribution < 1.29 is 19.3 Å². The van der Waals surface area contributed by atoms with Crippen LogP contribution in [0.1, 0.15) is 33.4 Å². The van der Waals surface area contributed by atoms with Crippen LogP contribution < -0.4 is 0 Å². The lowest BCUT2D eigenvalue weighted by Gasteiger charge is -2.25. The molecule has 4 atom stereocenters. The highest BCUT2D eigenvalue weighted by molar-refractivity contribution is 8.00. The number of benzene rings is 3. The first-order chi connectivity index (χ1) is 16.5. The van der Waals surface area contributed by atoms with Crippen LogP contribution in [0.2, 0.25) is 0 Å². The van der Waals surface area contributed by atoms with Crippen LogP contribution in [0.5, 0.6) is 0 Å². The topological polar surface area (TPSA) is 47.9 Å². The molecule has 3 aromatic carbocycles. The van der Waals surface area contributed by atoms with Crippen LogP contribution in [-0.2, 0) is 34.0 Å². The summed E-state index contributed by atoms with van der Waals surface area (Å²) in [7, 11) is 0. The average molecular weight is 479 g/mol. The molecule has 0 aliphatic carbocycles. The van der Waals surface area contributed by atoms with Crippen molar-refractivity contribution in [2.75, 3.05) is 6.61 Å². The summed E-state index contributed by atoms with van der Waals surface area (Å²) in [6, 6.07) is 25.0. The van der Waals surface area contributed by atoms with Gasteiger partial charge in [-0.15, -0.1) is 11.8 Å². The van der Waals surface area contributed by atoms with E-state index in [2.05, 4.69) is 93.6 Å². The predicted molar refractivity (Wildman–Crippen MR) is 138 cm³/mol. The fourth-order valence-corrected chi connectivity index (χ4v) is 5.26. The van der Waals surface area contributed by atoms with Gasteiger partial charge in [-0.3, -0.25) is 0 Å². The van der Waals surface area contributed by atoms with Crippen molar-refractivity contribution >= 4 is 11.8 Å². The number of rotatable bonds is 10. The maximum Gasteiger partial charge on any atom is 0.128 e. The highest BCUT2D eigenvalue weighted by Crippen LogP contribution is 2.38. The van der Waals surface area contributed by atoms with E-state index < -0.39 is 11.5 Å². The molecule has 4 rings (SSSR count). The van der Waals surface area contributed by atoms with Crippen molar-refractivity contribution in [2.45, 2.75) is 63.5 Å². The molecule has 3 aromatic rings. The second-order valence-electron chi connectivity index (χ2n) is 9.09. The van der Waals surface area contributed by atoms with Crippen molar-refractivity contribution in [1.29, 1.82) is 0 Å². The van der Waals surface area contributed by atoms with Gasteiger partial charge in [-0.2, -0.15) is 0 Å². The lowest BCUT2D eigenvalue weighted by atomic mass is 10.1. The molecule has 1 N–H and O–H groups in total. The third-order valence-electron chi connectivity index (χ3n) is 6.08. The lowest BCUT2D eigenvalue weighted by molar-refractivity contribution is -0.107. The van der Waals surface area contributed by atoms with Crippen LogP contribution in [0.4, 0.5) is 0 Å². The Morgan fingerprint density at radius 3 is 1.50 bits per heavy atom. The van der Waals surface area contributed by atoms with Crippen molar-refractivity contribution in [3.8, 4) is 0 Å². The van der Waals surface area contributed by atoms with Crippen LogP contribution in [-0.4, -0.2) is 34.6 Å². The highest BCUT2D eigenvalue weighted by Gasteiger charge is 2.45. The van der Waals surface area contributed by atoms with Crippen molar-refractivity contribution in [3.63, 3.8) is 0 Å². The van der Waals surface area contributed by atoms with E-state index in [1.165, 1.54) is 28.5 Å². The first kappa shape index (κ1) is 25.0. The number of aryl methyl sites for hydroxylation is 3. The van der Waals surface area contributed by atoms with Crippen molar-refractivity contribution in [2.24, 2.45) is 0 Å². The Morgan fingerprint density at radius 1 is 0.618 bits per heavy atom. The quantitative estimate of drug-likeness (QED) is 0.403. The van der Waals surface area contributed by atoms with E-state index in [1.807, 2.05) is 0 Å². The van der Waals surface area contributed by atoms with E-state index in [-0.39, 0.29) is 11.4 Å². The minimum Gasteiger partial charge on any atom is -0.380 e. The number of aliphatic hydroxyl groups excluding tert-OH is 1. The van der Waals surface area contributed by atoms with Gasteiger partial charge < -0.3 is 19.3 Å². The number of thioether (sulfide) groups is 1. The minimum atomic E-state index is -0.665. The van der Waals surface area contributed by atoms with Crippen molar-refractivity contribution in [1.82, 2.24) is 0 Å². The van der Waals surface area contributed by atoms with Crippen LogP contribution in [0, 0.1) is 20.8 Å². The fraction of sp³-hybridized carbons (Fsp3) is 0.379. The molecular weight excluding hydrogens is 444 g/mol. The van der Waals surface area contributed by atoms with Gasteiger partial charge in [-0.1, -0.05) is 89.5 Å². The van der Waals surface area contributed by atoms with Crippen molar-refractivity contribution in [3.05, 3.63) is 106 Å². The average Bonchev–Trinajstić information content (AvgIpc) is 3.13. The van der Waals surface area contributed by atoms with Gasteiger partial charge in [0.25, 0.3) is 0 Å². The molecule has 1 saturated heterocycles. The monoisotopic (exact) mass is 478 g/mol. The molecule has 180 valence electrons. The molecule has 1 heterocycles. The molecule has 5 heteroatoms. The van der Waals surface area contributed by atoms with Gasteiger partial charge in [-0.25, -0.2) is 0 Å². The number of ether oxygens (including phenoxy) is 3. The van der Waals surface area contributed by atoms with Gasteiger partial charge in [0.15, 0.2) is 0 Å². The fourth-order valence-electron chi connectivity index (χ4n) is 3.95. The van der Waals surface area contributed by atoms with E-state index in [0.29, 0.717) is 26.4 Å². The smallest absolute Gasteiger partial charge is 0.128 e. The molecule has 1 unspecified atom stereocenters. The molecule has 0 spiro atoms. The Labute approximate surface area is 207 Å². The van der Waals surface area contributed by atoms with Crippen LogP contribution in [0.3, 0.4) is 0 Å². The lowest BCUT2D eigenvalue weighted by Crippen LogP contribution is -2.39. The molecule has 0 aromatic heterocycles. The molecule has 0 saturated carbocycles. The third-order valence-corrected chi connectivity index (χ3v) is 7.38. The van der Waals surface area contributed by atoms with E-state index in [9.17, 15) is 5.11 Å². The van der Waals surface area contributed by atoms with Gasteiger partial charge in [0.1, 0.15) is 17.6 Å². The van der Waals surface area contributed by atoms with Crippen LogP contribution in [0.15, 0.2) is 72.8 Å². The summed E-state index contributed by atoms with van der Waals surface area (Å²) in [5.41, 5.74) is 6.33. The Balaban J connectivity index is 1.40. The molecule has 0 radical (unpaired) electrons. The summed E-state index contributed by atoms with van der Waals surface area (Å²) in [6.07, 6.45) is -0.700.